The molecule has 1 aromatic carbocycles. The summed E-state index contributed by atoms with van der Waals surface area (Å²) in [5.74, 6) is -1.31. The summed E-state index contributed by atoms with van der Waals surface area (Å²) in [6.45, 7) is 2.03. The van der Waals surface area contributed by atoms with Gasteiger partial charge in [0.15, 0.2) is 0 Å². The number of benzene rings is 1. The number of carbonyl (C=O) groups excluding carboxylic acids is 1. The lowest BCUT2D eigenvalue weighted by atomic mass is 10.1. The molecule has 0 radical (unpaired) electrons. The molecule has 5 nitrogen and oxygen atoms in total. The quantitative estimate of drug-likeness (QED) is 0.872. The van der Waals surface area contributed by atoms with Crippen molar-refractivity contribution >= 4 is 12.0 Å². The number of hydrogen-bond donors (Lipinski definition) is 2. The number of carboxylic acids is 1. The summed E-state index contributed by atoms with van der Waals surface area (Å²) in [5.41, 5.74) is 0.679. The van der Waals surface area contributed by atoms with Gasteiger partial charge in [-0.2, -0.15) is 0 Å². The van der Waals surface area contributed by atoms with Gasteiger partial charge in [0.1, 0.15) is 5.82 Å². The SMILES string of the molecule is CC(CC(=O)O)N1CC(c2cccc(F)c2)NC1=O. The highest BCUT2D eigenvalue weighted by Crippen LogP contribution is 2.23. The average Bonchev–Trinajstić information content (AvgIpc) is 2.70. The molecule has 19 heavy (non-hydrogen) atoms. The van der Waals surface area contributed by atoms with Crippen LogP contribution in [0.2, 0.25) is 0 Å². The molecule has 0 spiro atoms. The first-order chi connectivity index (χ1) is 8.97. The molecule has 6 heteroatoms. The summed E-state index contributed by atoms with van der Waals surface area (Å²) < 4.78 is 13.1. The Bertz CT molecular complexity index is 506. The predicted molar refractivity (Wildman–Crippen MR) is 66.1 cm³/mol. The van der Waals surface area contributed by atoms with Gasteiger partial charge in [0, 0.05) is 12.6 Å². The van der Waals surface area contributed by atoms with Gasteiger partial charge in [-0.15, -0.1) is 0 Å². The number of halogens is 1. The number of aliphatic carboxylic acids is 1. The molecule has 1 aliphatic rings. The largest absolute Gasteiger partial charge is 0.481 e. The Morgan fingerprint density at radius 1 is 1.63 bits per heavy atom. The zero-order chi connectivity index (χ0) is 14.0. The molecule has 0 aromatic heterocycles. The lowest BCUT2D eigenvalue weighted by Gasteiger charge is -2.21. The summed E-state index contributed by atoms with van der Waals surface area (Å²) in [4.78, 5) is 23.9. The van der Waals surface area contributed by atoms with Crippen LogP contribution in [0.5, 0.6) is 0 Å². The van der Waals surface area contributed by atoms with Crippen molar-refractivity contribution in [3.63, 3.8) is 0 Å². The zero-order valence-corrected chi connectivity index (χ0v) is 10.5. The Labute approximate surface area is 110 Å². The van der Waals surface area contributed by atoms with Crippen LogP contribution in [0.4, 0.5) is 9.18 Å². The lowest BCUT2D eigenvalue weighted by Crippen LogP contribution is -2.37. The third kappa shape index (κ3) is 3.01. The third-order valence-corrected chi connectivity index (χ3v) is 3.19. The van der Waals surface area contributed by atoms with E-state index < -0.39 is 12.0 Å². The highest BCUT2D eigenvalue weighted by molar-refractivity contribution is 5.78. The van der Waals surface area contributed by atoms with Crippen molar-refractivity contribution in [2.75, 3.05) is 6.54 Å². The van der Waals surface area contributed by atoms with Crippen LogP contribution in [0, 0.1) is 5.82 Å². The number of rotatable bonds is 4. The van der Waals surface area contributed by atoms with E-state index in [-0.39, 0.29) is 24.3 Å². The minimum Gasteiger partial charge on any atom is -0.481 e. The molecule has 0 saturated carbocycles. The van der Waals surface area contributed by atoms with Crippen LogP contribution in [0.3, 0.4) is 0 Å². The van der Waals surface area contributed by atoms with Crippen LogP contribution in [0.1, 0.15) is 24.9 Å². The smallest absolute Gasteiger partial charge is 0.318 e. The number of carboxylic acid groups (broad SMARTS) is 1. The minimum absolute atomic E-state index is 0.108. The first-order valence-electron chi connectivity index (χ1n) is 6.01. The van der Waals surface area contributed by atoms with E-state index in [9.17, 15) is 14.0 Å². The van der Waals surface area contributed by atoms with Gasteiger partial charge in [0.2, 0.25) is 0 Å². The van der Waals surface area contributed by atoms with Crippen molar-refractivity contribution in [2.45, 2.75) is 25.4 Å². The summed E-state index contributed by atoms with van der Waals surface area (Å²) in [7, 11) is 0. The van der Waals surface area contributed by atoms with Crippen molar-refractivity contribution in [1.29, 1.82) is 0 Å². The number of urea groups is 1. The van der Waals surface area contributed by atoms with E-state index in [0.29, 0.717) is 12.1 Å². The van der Waals surface area contributed by atoms with Crippen molar-refractivity contribution in [1.82, 2.24) is 10.2 Å². The Kier molecular flexibility index (Phi) is 3.69. The highest BCUT2D eigenvalue weighted by atomic mass is 19.1. The molecule has 102 valence electrons. The van der Waals surface area contributed by atoms with E-state index in [1.807, 2.05) is 0 Å². The van der Waals surface area contributed by atoms with E-state index >= 15 is 0 Å². The van der Waals surface area contributed by atoms with Gasteiger partial charge in [-0.1, -0.05) is 12.1 Å². The predicted octanol–water partition coefficient (Wildman–Crippen LogP) is 1.76. The molecular formula is C13H15FN2O3. The number of carbonyl (C=O) groups is 2. The fourth-order valence-electron chi connectivity index (χ4n) is 2.21. The van der Waals surface area contributed by atoms with E-state index in [4.69, 9.17) is 5.11 Å². The Balaban J connectivity index is 2.09. The molecule has 2 N–H and O–H groups in total. The van der Waals surface area contributed by atoms with E-state index in [1.165, 1.54) is 17.0 Å². The number of nitrogens with one attached hydrogen (secondary N) is 1. The Hall–Kier alpha value is -2.11. The lowest BCUT2D eigenvalue weighted by molar-refractivity contribution is -0.137. The van der Waals surface area contributed by atoms with Gasteiger partial charge >= 0.3 is 12.0 Å². The van der Waals surface area contributed by atoms with Gasteiger partial charge in [0.25, 0.3) is 0 Å². The first kappa shape index (κ1) is 13.3. The van der Waals surface area contributed by atoms with Gasteiger partial charge in [-0.25, -0.2) is 9.18 Å². The first-order valence-corrected chi connectivity index (χ1v) is 6.01. The van der Waals surface area contributed by atoms with Crippen molar-refractivity contribution < 1.29 is 19.1 Å². The van der Waals surface area contributed by atoms with Crippen molar-refractivity contribution in [2.24, 2.45) is 0 Å². The summed E-state index contributed by atoms with van der Waals surface area (Å²) in [6.07, 6.45) is -0.108. The van der Waals surface area contributed by atoms with Gasteiger partial charge in [-0.3, -0.25) is 4.79 Å². The molecule has 1 saturated heterocycles. The maximum absolute atomic E-state index is 13.1. The second-order valence-electron chi connectivity index (χ2n) is 4.66. The highest BCUT2D eigenvalue weighted by Gasteiger charge is 2.33. The normalized spacial score (nSPS) is 20.2. The molecule has 2 unspecified atom stereocenters. The number of amides is 2. The van der Waals surface area contributed by atoms with Crippen LogP contribution < -0.4 is 5.32 Å². The standard InChI is InChI=1S/C13H15FN2O3/c1-8(5-12(17)18)16-7-11(15-13(16)19)9-3-2-4-10(14)6-9/h2-4,6,8,11H,5,7H2,1H3,(H,15,19)(H,17,18). The van der Waals surface area contributed by atoms with Crippen LogP contribution in [0.25, 0.3) is 0 Å². The van der Waals surface area contributed by atoms with Crippen LogP contribution in [-0.2, 0) is 4.79 Å². The van der Waals surface area contributed by atoms with E-state index in [2.05, 4.69) is 5.32 Å². The topological polar surface area (TPSA) is 69.6 Å². The molecule has 0 bridgehead atoms. The van der Waals surface area contributed by atoms with Crippen molar-refractivity contribution in [3.8, 4) is 0 Å². The fourth-order valence-corrected chi connectivity index (χ4v) is 2.21. The second-order valence-corrected chi connectivity index (χ2v) is 4.66. The minimum atomic E-state index is -0.950. The molecule has 1 fully saturated rings. The molecular weight excluding hydrogens is 251 g/mol. The van der Waals surface area contributed by atoms with Crippen LogP contribution in [-0.4, -0.2) is 34.6 Å². The number of hydrogen-bond acceptors (Lipinski definition) is 2. The Morgan fingerprint density at radius 3 is 3.00 bits per heavy atom. The van der Waals surface area contributed by atoms with Gasteiger partial charge < -0.3 is 15.3 Å². The van der Waals surface area contributed by atoms with Crippen molar-refractivity contribution in [3.05, 3.63) is 35.6 Å². The molecule has 2 amide bonds. The Morgan fingerprint density at radius 2 is 2.37 bits per heavy atom. The van der Waals surface area contributed by atoms with Crippen LogP contribution >= 0.6 is 0 Å². The maximum atomic E-state index is 13.1. The molecule has 2 atom stereocenters. The fraction of sp³-hybridized carbons (Fsp3) is 0.385. The summed E-state index contributed by atoms with van der Waals surface area (Å²) in [6, 6.07) is 5.01. The molecule has 0 aliphatic carbocycles. The molecule has 1 aliphatic heterocycles. The number of nitrogens with zero attached hydrogens (tertiary/aromatic N) is 1. The maximum Gasteiger partial charge on any atom is 0.318 e. The van der Waals surface area contributed by atoms with E-state index in [0.717, 1.165) is 0 Å². The summed E-state index contributed by atoms with van der Waals surface area (Å²) in [5, 5.41) is 11.5. The van der Waals surface area contributed by atoms with Crippen LogP contribution in [0.15, 0.2) is 24.3 Å². The molecule has 1 aromatic rings. The molecule has 1 heterocycles. The molecule has 2 rings (SSSR count). The third-order valence-electron chi connectivity index (χ3n) is 3.19. The second kappa shape index (κ2) is 5.26. The zero-order valence-electron chi connectivity index (χ0n) is 10.5. The van der Waals surface area contributed by atoms with Gasteiger partial charge in [0.05, 0.1) is 12.5 Å². The monoisotopic (exact) mass is 266 g/mol. The van der Waals surface area contributed by atoms with Gasteiger partial charge in [-0.05, 0) is 24.6 Å². The van der Waals surface area contributed by atoms with E-state index in [1.54, 1.807) is 19.1 Å². The summed E-state index contributed by atoms with van der Waals surface area (Å²) >= 11 is 0. The average molecular weight is 266 g/mol.